The molecule has 7 nitrogen and oxygen atoms in total. The van der Waals surface area contributed by atoms with Crippen LogP contribution in [0.5, 0.6) is 5.75 Å². The van der Waals surface area contributed by atoms with E-state index >= 15 is 0 Å². The molecule has 0 radical (unpaired) electrons. The maximum absolute atomic E-state index is 12.2. The van der Waals surface area contributed by atoms with Crippen molar-refractivity contribution in [3.05, 3.63) is 70.9 Å². The Hall–Kier alpha value is -3.61. The van der Waals surface area contributed by atoms with Crippen molar-refractivity contribution in [2.75, 3.05) is 30.8 Å². The first-order valence-electron chi connectivity index (χ1n) is 10.3. The summed E-state index contributed by atoms with van der Waals surface area (Å²) in [4.78, 5) is 21.1. The number of amides is 1. The molecule has 0 aliphatic heterocycles. The predicted octanol–water partition coefficient (Wildman–Crippen LogP) is 3.92. The van der Waals surface area contributed by atoms with E-state index in [2.05, 4.69) is 32.8 Å². The zero-order valence-corrected chi connectivity index (χ0v) is 18.5. The summed E-state index contributed by atoms with van der Waals surface area (Å²) in [6.07, 6.45) is 0.330. The van der Waals surface area contributed by atoms with E-state index in [9.17, 15) is 4.79 Å². The summed E-state index contributed by atoms with van der Waals surface area (Å²) in [5.41, 5.74) is 5.00. The second-order valence-corrected chi connectivity index (χ2v) is 7.47. The Bertz CT molecular complexity index is 1030. The Labute approximate surface area is 183 Å². The van der Waals surface area contributed by atoms with E-state index in [4.69, 9.17) is 4.74 Å². The van der Waals surface area contributed by atoms with E-state index in [0.29, 0.717) is 25.5 Å². The second kappa shape index (κ2) is 10.4. The minimum Gasteiger partial charge on any atom is -0.496 e. The average Bonchev–Trinajstić information content (AvgIpc) is 2.73. The molecule has 162 valence electrons. The molecule has 1 heterocycles. The van der Waals surface area contributed by atoms with Crippen molar-refractivity contribution >= 4 is 23.4 Å². The van der Waals surface area contributed by atoms with Gasteiger partial charge in [-0.1, -0.05) is 29.8 Å². The molecule has 0 spiro atoms. The smallest absolute Gasteiger partial charge is 0.224 e. The van der Waals surface area contributed by atoms with Crippen molar-refractivity contribution in [3.63, 3.8) is 0 Å². The number of carbonyl (C=O) groups excluding carboxylic acids is 1. The Morgan fingerprint density at radius 1 is 0.968 bits per heavy atom. The zero-order valence-electron chi connectivity index (χ0n) is 18.5. The Morgan fingerprint density at radius 3 is 2.45 bits per heavy atom. The Morgan fingerprint density at radius 2 is 1.74 bits per heavy atom. The summed E-state index contributed by atoms with van der Waals surface area (Å²) in [6, 6.07) is 15.8. The van der Waals surface area contributed by atoms with Crippen LogP contribution in [0, 0.1) is 20.8 Å². The minimum absolute atomic E-state index is 0.0294. The summed E-state index contributed by atoms with van der Waals surface area (Å²) in [6.45, 7) is 6.95. The molecule has 3 N–H and O–H groups in total. The molecular formula is C24H29N5O2. The molecule has 0 unspecified atom stereocenters. The van der Waals surface area contributed by atoms with E-state index in [1.807, 2.05) is 62.4 Å². The van der Waals surface area contributed by atoms with Crippen LogP contribution in [0.1, 0.15) is 22.4 Å². The fourth-order valence-corrected chi connectivity index (χ4v) is 3.17. The van der Waals surface area contributed by atoms with Gasteiger partial charge in [0, 0.05) is 30.5 Å². The van der Waals surface area contributed by atoms with Gasteiger partial charge < -0.3 is 20.7 Å². The maximum Gasteiger partial charge on any atom is 0.224 e. The Balaban J connectivity index is 1.47. The zero-order chi connectivity index (χ0) is 22.2. The summed E-state index contributed by atoms with van der Waals surface area (Å²) in [7, 11) is 1.64. The topological polar surface area (TPSA) is 88.2 Å². The van der Waals surface area contributed by atoms with Crippen LogP contribution >= 0.6 is 0 Å². The Kier molecular flexibility index (Phi) is 7.43. The molecule has 7 heteroatoms. The molecule has 0 aliphatic carbocycles. The molecule has 1 aromatic heterocycles. The van der Waals surface area contributed by atoms with Crippen molar-refractivity contribution in [2.45, 2.75) is 27.2 Å². The number of hydrogen-bond acceptors (Lipinski definition) is 6. The average molecular weight is 420 g/mol. The quantitative estimate of drug-likeness (QED) is 0.456. The second-order valence-electron chi connectivity index (χ2n) is 7.47. The lowest BCUT2D eigenvalue weighted by Gasteiger charge is -2.11. The first-order chi connectivity index (χ1) is 14.9. The van der Waals surface area contributed by atoms with Crippen LogP contribution < -0.4 is 20.7 Å². The third kappa shape index (κ3) is 6.70. The van der Waals surface area contributed by atoms with Gasteiger partial charge in [-0.2, -0.15) is 4.98 Å². The fraction of sp³-hybridized carbons (Fsp3) is 0.292. The molecule has 3 aromatic rings. The van der Waals surface area contributed by atoms with Gasteiger partial charge in [0.2, 0.25) is 11.9 Å². The normalized spacial score (nSPS) is 10.5. The third-order valence-corrected chi connectivity index (χ3v) is 4.73. The highest BCUT2D eigenvalue weighted by molar-refractivity contribution is 5.78. The number of nitrogens with zero attached hydrogens (tertiary/aromatic N) is 2. The van der Waals surface area contributed by atoms with Crippen molar-refractivity contribution in [3.8, 4) is 5.75 Å². The summed E-state index contributed by atoms with van der Waals surface area (Å²) < 4.78 is 5.26. The number of benzene rings is 2. The number of ether oxygens (including phenoxy) is 1. The van der Waals surface area contributed by atoms with Gasteiger partial charge in [-0.3, -0.25) is 4.79 Å². The van der Waals surface area contributed by atoms with Crippen molar-refractivity contribution in [1.29, 1.82) is 0 Å². The molecule has 0 aliphatic rings. The van der Waals surface area contributed by atoms with E-state index in [0.717, 1.165) is 34.1 Å². The van der Waals surface area contributed by atoms with Crippen molar-refractivity contribution in [1.82, 2.24) is 15.3 Å². The van der Waals surface area contributed by atoms with Crippen LogP contribution in [0.15, 0.2) is 48.5 Å². The SMILES string of the molecule is COc1ccc(CC(=O)NCCNc2nc(C)cc(Nc3ccc(C)cc3)n2)cc1C. The summed E-state index contributed by atoms with van der Waals surface area (Å²) in [5.74, 6) is 2.04. The molecule has 0 saturated heterocycles. The van der Waals surface area contributed by atoms with Gasteiger partial charge >= 0.3 is 0 Å². The number of carbonyl (C=O) groups is 1. The van der Waals surface area contributed by atoms with E-state index < -0.39 is 0 Å². The van der Waals surface area contributed by atoms with E-state index in [1.54, 1.807) is 7.11 Å². The van der Waals surface area contributed by atoms with Gasteiger partial charge in [-0.25, -0.2) is 4.98 Å². The maximum atomic E-state index is 12.2. The van der Waals surface area contributed by atoms with E-state index in [-0.39, 0.29) is 5.91 Å². The highest BCUT2D eigenvalue weighted by Gasteiger charge is 2.07. The lowest BCUT2D eigenvalue weighted by molar-refractivity contribution is -0.120. The monoisotopic (exact) mass is 419 g/mol. The molecule has 1 amide bonds. The molecule has 0 atom stereocenters. The molecule has 3 rings (SSSR count). The van der Waals surface area contributed by atoms with Crippen molar-refractivity contribution < 1.29 is 9.53 Å². The molecule has 0 bridgehead atoms. The van der Waals surface area contributed by atoms with Crippen LogP contribution in [0.2, 0.25) is 0 Å². The van der Waals surface area contributed by atoms with Crippen LogP contribution in [-0.2, 0) is 11.2 Å². The van der Waals surface area contributed by atoms with Gasteiger partial charge in [0.05, 0.1) is 13.5 Å². The largest absolute Gasteiger partial charge is 0.496 e. The molecule has 2 aromatic carbocycles. The first kappa shape index (κ1) is 22.1. The number of rotatable bonds is 9. The minimum atomic E-state index is -0.0294. The van der Waals surface area contributed by atoms with Gasteiger partial charge in [0.1, 0.15) is 11.6 Å². The molecule has 31 heavy (non-hydrogen) atoms. The number of hydrogen-bond donors (Lipinski definition) is 3. The number of anilines is 3. The number of aryl methyl sites for hydroxylation is 3. The van der Waals surface area contributed by atoms with Gasteiger partial charge in [-0.05, 0) is 50.1 Å². The number of methoxy groups -OCH3 is 1. The summed E-state index contributed by atoms with van der Waals surface area (Å²) >= 11 is 0. The molecular weight excluding hydrogens is 390 g/mol. The third-order valence-electron chi connectivity index (χ3n) is 4.73. The summed E-state index contributed by atoms with van der Waals surface area (Å²) in [5, 5.41) is 9.38. The number of aromatic nitrogens is 2. The van der Waals surface area contributed by atoms with Crippen LogP contribution in [0.4, 0.5) is 17.5 Å². The van der Waals surface area contributed by atoms with Gasteiger partial charge in [-0.15, -0.1) is 0 Å². The van der Waals surface area contributed by atoms with Crippen LogP contribution in [0.25, 0.3) is 0 Å². The van der Waals surface area contributed by atoms with Crippen LogP contribution in [-0.4, -0.2) is 36.1 Å². The molecule has 0 saturated carbocycles. The molecule has 0 fully saturated rings. The predicted molar refractivity (Wildman–Crippen MR) is 124 cm³/mol. The highest BCUT2D eigenvalue weighted by Crippen LogP contribution is 2.19. The number of nitrogens with one attached hydrogen (secondary N) is 3. The standard InChI is InChI=1S/C24H29N5O2/c1-16-5-8-20(9-6-16)28-22-14-18(3)27-24(29-22)26-12-11-25-23(30)15-19-7-10-21(31-4)17(2)13-19/h5-10,13-14H,11-12,15H2,1-4H3,(H,25,30)(H2,26,27,28,29). The lowest BCUT2D eigenvalue weighted by Crippen LogP contribution is -2.30. The van der Waals surface area contributed by atoms with Crippen LogP contribution in [0.3, 0.4) is 0 Å². The van der Waals surface area contributed by atoms with Crippen molar-refractivity contribution in [2.24, 2.45) is 0 Å². The lowest BCUT2D eigenvalue weighted by atomic mass is 10.1. The first-order valence-corrected chi connectivity index (χ1v) is 10.3. The van der Waals surface area contributed by atoms with E-state index in [1.165, 1.54) is 5.56 Å². The van der Waals surface area contributed by atoms with Gasteiger partial charge in [0.15, 0.2) is 0 Å². The highest BCUT2D eigenvalue weighted by atomic mass is 16.5. The fourth-order valence-electron chi connectivity index (χ4n) is 3.17. The van der Waals surface area contributed by atoms with Gasteiger partial charge in [0.25, 0.3) is 0 Å².